The minimum Gasteiger partial charge on any atom is -0.322 e. The lowest BCUT2D eigenvalue weighted by molar-refractivity contribution is 0.102. The number of amides is 1. The maximum absolute atomic E-state index is 12.8. The van der Waals surface area contributed by atoms with Crippen LogP contribution in [0, 0.1) is 5.82 Å². The molecule has 0 aliphatic carbocycles. The van der Waals surface area contributed by atoms with Crippen LogP contribution in [0.2, 0.25) is 0 Å². The number of anilines is 1. The van der Waals surface area contributed by atoms with Crippen LogP contribution in [0.4, 0.5) is 10.1 Å². The Hall–Kier alpha value is -2.25. The fourth-order valence-corrected chi connectivity index (χ4v) is 2.84. The van der Waals surface area contributed by atoms with E-state index in [2.05, 4.69) is 10.0 Å². The third-order valence-electron chi connectivity index (χ3n) is 2.86. The van der Waals surface area contributed by atoms with Gasteiger partial charge in [-0.25, -0.2) is 17.5 Å². The van der Waals surface area contributed by atoms with E-state index in [9.17, 15) is 17.6 Å². The molecule has 7 heteroatoms. The third-order valence-corrected chi connectivity index (χ3v) is 4.42. The van der Waals surface area contributed by atoms with Gasteiger partial charge in [-0.1, -0.05) is 6.92 Å². The number of halogens is 1. The number of hydrogen-bond donors (Lipinski definition) is 2. The summed E-state index contributed by atoms with van der Waals surface area (Å²) in [4.78, 5) is 12.1. The molecule has 0 atom stereocenters. The van der Waals surface area contributed by atoms with Gasteiger partial charge in [0.15, 0.2) is 0 Å². The average molecular weight is 322 g/mol. The summed E-state index contributed by atoms with van der Waals surface area (Å²) in [7, 11) is -3.54. The highest BCUT2D eigenvalue weighted by atomic mass is 32.2. The van der Waals surface area contributed by atoms with Gasteiger partial charge >= 0.3 is 0 Å². The van der Waals surface area contributed by atoms with Gasteiger partial charge in [-0.3, -0.25) is 4.79 Å². The monoisotopic (exact) mass is 322 g/mol. The number of carbonyl (C=O) groups excluding carboxylic acids is 1. The molecule has 0 fully saturated rings. The Morgan fingerprint density at radius 2 is 1.64 bits per heavy atom. The Morgan fingerprint density at radius 1 is 1.05 bits per heavy atom. The van der Waals surface area contributed by atoms with Crippen molar-refractivity contribution in [2.45, 2.75) is 11.8 Å². The van der Waals surface area contributed by atoms with Gasteiger partial charge in [0.1, 0.15) is 5.82 Å². The highest BCUT2D eigenvalue weighted by Crippen LogP contribution is 2.13. The predicted molar refractivity (Wildman–Crippen MR) is 81.7 cm³/mol. The van der Waals surface area contributed by atoms with E-state index in [1.807, 2.05) is 0 Å². The van der Waals surface area contributed by atoms with E-state index in [0.717, 1.165) is 0 Å². The van der Waals surface area contributed by atoms with Crippen LogP contribution in [0.3, 0.4) is 0 Å². The molecule has 0 aliphatic heterocycles. The van der Waals surface area contributed by atoms with Crippen LogP contribution in [-0.4, -0.2) is 20.9 Å². The summed E-state index contributed by atoms with van der Waals surface area (Å²) < 4.78 is 38.7. The first kappa shape index (κ1) is 16.1. The zero-order valence-electron chi connectivity index (χ0n) is 11.8. The quantitative estimate of drug-likeness (QED) is 0.887. The first-order valence-corrected chi connectivity index (χ1v) is 8.07. The van der Waals surface area contributed by atoms with Crippen molar-refractivity contribution in [2.75, 3.05) is 11.9 Å². The summed E-state index contributed by atoms with van der Waals surface area (Å²) in [5, 5.41) is 2.60. The van der Waals surface area contributed by atoms with Crippen LogP contribution in [0.15, 0.2) is 53.4 Å². The molecule has 0 saturated carbocycles. The zero-order chi connectivity index (χ0) is 16.2. The molecule has 0 radical (unpaired) electrons. The molecule has 22 heavy (non-hydrogen) atoms. The minimum atomic E-state index is -3.54. The van der Waals surface area contributed by atoms with Crippen LogP contribution in [-0.2, 0) is 10.0 Å². The number of hydrogen-bond acceptors (Lipinski definition) is 3. The molecule has 5 nitrogen and oxygen atoms in total. The highest BCUT2D eigenvalue weighted by Gasteiger charge is 2.13. The molecule has 2 aromatic carbocycles. The van der Waals surface area contributed by atoms with Gasteiger partial charge in [0, 0.05) is 17.8 Å². The lowest BCUT2D eigenvalue weighted by Crippen LogP contribution is -2.23. The predicted octanol–water partition coefficient (Wildman–Crippen LogP) is 2.38. The molecule has 1 amide bonds. The van der Waals surface area contributed by atoms with Crippen molar-refractivity contribution in [3.63, 3.8) is 0 Å². The molecule has 0 bridgehead atoms. The van der Waals surface area contributed by atoms with Crippen LogP contribution in [0.25, 0.3) is 0 Å². The van der Waals surface area contributed by atoms with Crippen molar-refractivity contribution in [2.24, 2.45) is 0 Å². The van der Waals surface area contributed by atoms with E-state index in [-0.39, 0.29) is 11.4 Å². The summed E-state index contributed by atoms with van der Waals surface area (Å²) >= 11 is 0. The normalized spacial score (nSPS) is 11.2. The van der Waals surface area contributed by atoms with E-state index in [1.54, 1.807) is 6.92 Å². The maximum Gasteiger partial charge on any atom is 0.255 e. The Morgan fingerprint density at radius 3 is 2.18 bits per heavy atom. The SMILES string of the molecule is CCNS(=O)(=O)c1ccc(C(=O)Nc2ccc(F)cc2)cc1. The average Bonchev–Trinajstić information content (AvgIpc) is 2.49. The van der Waals surface area contributed by atoms with E-state index in [0.29, 0.717) is 11.3 Å². The maximum atomic E-state index is 12.8. The summed E-state index contributed by atoms with van der Waals surface area (Å²) in [5.74, 6) is -0.796. The van der Waals surface area contributed by atoms with E-state index < -0.39 is 21.7 Å². The summed E-state index contributed by atoms with van der Waals surface area (Å²) in [5.41, 5.74) is 0.760. The van der Waals surface area contributed by atoms with Crippen LogP contribution in [0.1, 0.15) is 17.3 Å². The number of benzene rings is 2. The van der Waals surface area contributed by atoms with Crippen molar-refractivity contribution < 1.29 is 17.6 Å². The molecule has 0 unspecified atom stereocenters. The summed E-state index contributed by atoms with van der Waals surface area (Å²) in [6.45, 7) is 1.97. The standard InChI is InChI=1S/C15H15FN2O3S/c1-2-17-22(20,21)14-9-3-11(4-10-14)15(19)18-13-7-5-12(16)6-8-13/h3-10,17H,2H2,1H3,(H,18,19). The van der Waals surface area contributed by atoms with Crippen molar-refractivity contribution in [3.05, 3.63) is 59.9 Å². The second-order valence-electron chi connectivity index (χ2n) is 4.49. The first-order chi connectivity index (χ1) is 10.4. The number of rotatable bonds is 5. The Balaban J connectivity index is 2.13. The second-order valence-corrected chi connectivity index (χ2v) is 6.25. The van der Waals surface area contributed by atoms with Crippen molar-refractivity contribution in [1.29, 1.82) is 0 Å². The third kappa shape index (κ3) is 3.90. The molecule has 0 saturated heterocycles. The van der Waals surface area contributed by atoms with Gasteiger partial charge in [-0.05, 0) is 48.5 Å². The topological polar surface area (TPSA) is 75.3 Å². The van der Waals surface area contributed by atoms with Gasteiger partial charge in [-0.2, -0.15) is 0 Å². The summed E-state index contributed by atoms with van der Waals surface area (Å²) in [6, 6.07) is 10.9. The van der Waals surface area contributed by atoms with E-state index in [1.165, 1.54) is 48.5 Å². The van der Waals surface area contributed by atoms with Gasteiger partial charge in [0.2, 0.25) is 10.0 Å². The molecular weight excluding hydrogens is 307 g/mol. The molecule has 116 valence electrons. The van der Waals surface area contributed by atoms with Gasteiger partial charge < -0.3 is 5.32 Å². The lowest BCUT2D eigenvalue weighted by Gasteiger charge is -2.07. The largest absolute Gasteiger partial charge is 0.322 e. The molecule has 2 aromatic rings. The van der Waals surface area contributed by atoms with E-state index >= 15 is 0 Å². The number of carbonyl (C=O) groups is 1. The lowest BCUT2D eigenvalue weighted by atomic mass is 10.2. The molecule has 0 heterocycles. The Kier molecular flexibility index (Phi) is 4.89. The van der Waals surface area contributed by atoms with Gasteiger partial charge in [0.05, 0.1) is 4.90 Å². The van der Waals surface area contributed by atoms with E-state index in [4.69, 9.17) is 0 Å². The smallest absolute Gasteiger partial charge is 0.255 e. The summed E-state index contributed by atoms with van der Waals surface area (Å²) in [6.07, 6.45) is 0. The van der Waals surface area contributed by atoms with Crippen LogP contribution in [0.5, 0.6) is 0 Å². The number of nitrogens with one attached hydrogen (secondary N) is 2. The fraction of sp³-hybridized carbons (Fsp3) is 0.133. The van der Waals surface area contributed by atoms with Gasteiger partial charge in [0.25, 0.3) is 5.91 Å². The molecule has 0 aliphatic rings. The molecule has 2 rings (SSSR count). The van der Waals surface area contributed by atoms with Crippen molar-refractivity contribution in [3.8, 4) is 0 Å². The number of sulfonamides is 1. The minimum absolute atomic E-state index is 0.0904. The highest BCUT2D eigenvalue weighted by molar-refractivity contribution is 7.89. The Labute approximate surface area is 128 Å². The Bertz CT molecular complexity index is 756. The first-order valence-electron chi connectivity index (χ1n) is 6.59. The molecule has 2 N–H and O–H groups in total. The van der Waals surface area contributed by atoms with Crippen LogP contribution >= 0.6 is 0 Å². The van der Waals surface area contributed by atoms with Gasteiger partial charge in [-0.15, -0.1) is 0 Å². The zero-order valence-corrected chi connectivity index (χ0v) is 12.7. The molecular formula is C15H15FN2O3S. The van der Waals surface area contributed by atoms with Crippen LogP contribution < -0.4 is 10.0 Å². The fourth-order valence-electron chi connectivity index (χ4n) is 1.80. The van der Waals surface area contributed by atoms with Crippen molar-refractivity contribution in [1.82, 2.24) is 4.72 Å². The molecule has 0 aromatic heterocycles. The molecule has 0 spiro atoms. The van der Waals surface area contributed by atoms with Crippen molar-refractivity contribution >= 4 is 21.6 Å². The second kappa shape index (κ2) is 6.67.